The Morgan fingerprint density at radius 3 is 1.48 bits per heavy atom. The molecule has 5 heteroatoms. The fraction of sp³-hybridized carbons (Fsp3) is 0.353. The molecular formula is C68H82ClN3S. The third kappa shape index (κ3) is 11.9. The van der Waals surface area contributed by atoms with Crippen LogP contribution in [0.15, 0.2) is 157 Å². The van der Waals surface area contributed by atoms with Gasteiger partial charge in [-0.2, -0.15) is 0 Å². The van der Waals surface area contributed by atoms with Crippen molar-refractivity contribution >= 4 is 78.5 Å². The molecule has 1 heterocycles. The molecule has 0 N–H and O–H groups in total. The Balaban J connectivity index is 1.52. The minimum Gasteiger partial charge on any atom is -0.314 e. The van der Waals surface area contributed by atoms with Crippen LogP contribution in [0, 0.1) is 26.2 Å². The van der Waals surface area contributed by atoms with E-state index in [0.717, 1.165) is 51.1 Å². The molecule has 0 saturated carbocycles. The third-order valence-electron chi connectivity index (χ3n) is 14.2. The van der Waals surface area contributed by atoms with Crippen molar-refractivity contribution in [1.29, 1.82) is 0 Å². The Hall–Kier alpha value is -5.81. The lowest BCUT2D eigenvalue weighted by atomic mass is 9.84. The smallest absolute Gasteiger partial charge is 0.0887 e. The van der Waals surface area contributed by atoms with Gasteiger partial charge in [-0.05, 0) is 172 Å². The van der Waals surface area contributed by atoms with E-state index >= 15 is 0 Å². The Labute approximate surface area is 450 Å². The minimum absolute atomic E-state index is 0.000610. The number of benzene rings is 6. The van der Waals surface area contributed by atoms with Gasteiger partial charge < -0.3 is 14.7 Å². The highest BCUT2D eigenvalue weighted by Gasteiger charge is 2.28. The summed E-state index contributed by atoms with van der Waals surface area (Å²) in [6.07, 6.45) is 6.46. The molecule has 0 atom stereocenters. The molecule has 0 aliphatic heterocycles. The zero-order valence-corrected chi connectivity index (χ0v) is 49.2. The highest BCUT2D eigenvalue weighted by molar-refractivity contribution is 7.17. The summed E-state index contributed by atoms with van der Waals surface area (Å²) in [6.45, 7) is 47.2. The van der Waals surface area contributed by atoms with Crippen molar-refractivity contribution in [1.82, 2.24) is 0 Å². The van der Waals surface area contributed by atoms with Crippen molar-refractivity contribution in [2.24, 2.45) is 5.41 Å². The quantitative estimate of drug-likeness (QED) is 0.120. The number of anilines is 8. The maximum Gasteiger partial charge on any atom is 0.0887 e. The van der Waals surface area contributed by atoms with E-state index in [0.29, 0.717) is 5.02 Å². The minimum atomic E-state index is -0.0597. The molecular weight excluding hydrogens is 926 g/mol. The Morgan fingerprint density at radius 1 is 0.507 bits per heavy atom. The fourth-order valence-electron chi connectivity index (χ4n) is 9.70. The van der Waals surface area contributed by atoms with Gasteiger partial charge in [0.25, 0.3) is 0 Å². The van der Waals surface area contributed by atoms with Gasteiger partial charge in [-0.1, -0.05) is 183 Å². The van der Waals surface area contributed by atoms with Gasteiger partial charge in [-0.25, -0.2) is 0 Å². The average Bonchev–Trinajstić information content (AvgIpc) is 3.71. The third-order valence-corrected chi connectivity index (χ3v) is 15.5. The zero-order valence-electron chi connectivity index (χ0n) is 47.6. The van der Waals surface area contributed by atoms with Crippen LogP contribution in [0.4, 0.5) is 45.5 Å². The van der Waals surface area contributed by atoms with Crippen molar-refractivity contribution in [2.45, 2.75) is 153 Å². The van der Waals surface area contributed by atoms with Crippen LogP contribution in [0.5, 0.6) is 0 Å². The fourth-order valence-corrected chi connectivity index (χ4v) is 10.9. The number of aryl methyl sites for hydroxylation is 3. The molecule has 7 rings (SSSR count). The number of thiophene rings is 1. The van der Waals surface area contributed by atoms with Gasteiger partial charge in [-0.3, -0.25) is 0 Å². The molecule has 0 spiro atoms. The summed E-state index contributed by atoms with van der Waals surface area (Å²) >= 11 is 9.93. The topological polar surface area (TPSA) is 9.72 Å². The maximum absolute atomic E-state index is 8.15. The number of fused-ring (bicyclic) bond motifs is 1. The summed E-state index contributed by atoms with van der Waals surface area (Å²) < 4.78 is 1.24. The van der Waals surface area contributed by atoms with Crippen molar-refractivity contribution < 1.29 is 0 Å². The van der Waals surface area contributed by atoms with Crippen LogP contribution in [-0.4, -0.2) is 0 Å². The van der Waals surface area contributed by atoms with E-state index in [2.05, 4.69) is 286 Å². The van der Waals surface area contributed by atoms with Crippen LogP contribution in [0.3, 0.4) is 0 Å². The molecule has 3 nitrogen and oxygen atoms in total. The van der Waals surface area contributed by atoms with Crippen LogP contribution in [0.25, 0.3) is 10.1 Å². The highest BCUT2D eigenvalue weighted by atomic mass is 35.5. The van der Waals surface area contributed by atoms with Gasteiger partial charge in [0, 0.05) is 43.9 Å². The molecule has 0 radical (unpaired) electrons. The van der Waals surface area contributed by atoms with E-state index in [1.807, 2.05) is 6.08 Å². The Bertz CT molecular complexity index is 3180. The van der Waals surface area contributed by atoms with Gasteiger partial charge in [0.05, 0.1) is 27.8 Å². The largest absolute Gasteiger partial charge is 0.314 e. The SMILES string of the molecule is C=C/C(=C\C=C(/C)N(c1cccc(N(c2ccc(C(C)(C)C)cc2)c2cc(C)cc(N(c3ccc(C(C)(C)C)cc3)c3csc4ccc(C(C)(C)C)cc34)c2Cl)c1)c1c(C)cc(C(C)(C)C)cc1C)C(C)(C)C. The van der Waals surface area contributed by atoms with Crippen LogP contribution in [0.2, 0.25) is 5.02 Å². The summed E-state index contributed by atoms with van der Waals surface area (Å²) in [5.41, 5.74) is 19.1. The standard InChI is InChI=1S/C68H82ClN3S/c1-21-48(64(6,7)8)26-25-47(5)70(63-45(3)39-52(40-46(63)4)68(18,19)20)55-23-22-24-56(42-55)71(53-32-27-49(28-33-53)65(9,10)11)58-37-44(2)38-59(62(58)69)72(54-34-29-50(30-35-54)66(12,13)14)60-43-73-61-36-31-51(41-57(60)61)67(15,16)17/h21-43H,1H2,2-20H3/b47-25+,48-26+. The summed E-state index contributed by atoms with van der Waals surface area (Å²) in [5.74, 6) is 0. The summed E-state index contributed by atoms with van der Waals surface area (Å²) in [5, 5.41) is 4.17. The summed E-state index contributed by atoms with van der Waals surface area (Å²) in [6, 6.07) is 43.3. The van der Waals surface area contributed by atoms with Crippen LogP contribution >= 0.6 is 22.9 Å². The van der Waals surface area contributed by atoms with Crippen LogP contribution in [0.1, 0.15) is 150 Å². The molecule has 0 saturated heterocycles. The first kappa shape index (κ1) is 55.0. The van der Waals surface area contributed by atoms with Crippen LogP contribution < -0.4 is 14.7 Å². The van der Waals surface area contributed by atoms with Crippen molar-refractivity contribution in [3.63, 3.8) is 0 Å². The molecule has 382 valence electrons. The number of allylic oxidation sites excluding steroid dienone is 5. The second kappa shape index (κ2) is 20.5. The molecule has 0 unspecified atom stereocenters. The number of rotatable bonds is 11. The van der Waals surface area contributed by atoms with Gasteiger partial charge in [0.1, 0.15) is 0 Å². The van der Waals surface area contributed by atoms with Crippen molar-refractivity contribution in [3.8, 4) is 0 Å². The highest BCUT2D eigenvalue weighted by Crippen LogP contribution is 2.51. The Morgan fingerprint density at radius 2 is 0.986 bits per heavy atom. The molecule has 6 aromatic carbocycles. The first-order valence-electron chi connectivity index (χ1n) is 26.0. The van der Waals surface area contributed by atoms with E-state index in [4.69, 9.17) is 11.6 Å². The predicted molar refractivity (Wildman–Crippen MR) is 325 cm³/mol. The monoisotopic (exact) mass is 1010 g/mol. The lowest BCUT2D eigenvalue weighted by Gasteiger charge is -2.34. The second-order valence-corrected chi connectivity index (χ2v) is 26.7. The zero-order chi connectivity index (χ0) is 53.7. The van der Waals surface area contributed by atoms with Crippen molar-refractivity contribution in [2.75, 3.05) is 14.7 Å². The lowest BCUT2D eigenvalue weighted by molar-refractivity contribution is 0.517. The summed E-state index contributed by atoms with van der Waals surface area (Å²) in [7, 11) is 0. The molecule has 0 aliphatic carbocycles. The van der Waals surface area contributed by atoms with E-state index < -0.39 is 0 Å². The molecule has 73 heavy (non-hydrogen) atoms. The lowest BCUT2D eigenvalue weighted by Crippen LogP contribution is -2.20. The maximum atomic E-state index is 8.15. The molecule has 0 amide bonds. The molecule has 0 aliphatic rings. The summed E-state index contributed by atoms with van der Waals surface area (Å²) in [4.78, 5) is 7.17. The number of hydrogen-bond acceptors (Lipinski definition) is 4. The normalized spacial score (nSPS) is 13.2. The van der Waals surface area contributed by atoms with Crippen molar-refractivity contribution in [3.05, 3.63) is 201 Å². The molecule has 0 bridgehead atoms. The van der Waals surface area contributed by atoms with Gasteiger partial charge in [-0.15, -0.1) is 11.3 Å². The van der Waals surface area contributed by atoms with E-state index in [1.54, 1.807) is 11.3 Å². The predicted octanol–water partition coefficient (Wildman–Crippen LogP) is 21.8. The first-order chi connectivity index (χ1) is 33.9. The average molecular weight is 1010 g/mol. The number of nitrogens with zero attached hydrogens (tertiary/aromatic N) is 3. The molecule has 1 aromatic heterocycles. The molecule has 7 aromatic rings. The second-order valence-electron chi connectivity index (χ2n) is 25.4. The Kier molecular flexibility index (Phi) is 15.4. The van der Waals surface area contributed by atoms with Gasteiger partial charge >= 0.3 is 0 Å². The number of hydrogen-bond donors (Lipinski definition) is 0. The first-order valence-corrected chi connectivity index (χ1v) is 27.3. The van der Waals surface area contributed by atoms with E-state index in [1.165, 1.54) is 54.7 Å². The van der Waals surface area contributed by atoms with E-state index in [-0.39, 0.29) is 27.1 Å². The molecule has 0 fully saturated rings. The van der Waals surface area contributed by atoms with Gasteiger partial charge in [0.2, 0.25) is 0 Å². The number of halogens is 1. The van der Waals surface area contributed by atoms with Gasteiger partial charge in [0.15, 0.2) is 0 Å². The van der Waals surface area contributed by atoms with E-state index in [9.17, 15) is 0 Å². The van der Waals surface area contributed by atoms with Crippen LogP contribution in [-0.2, 0) is 21.7 Å².